The molecular formula is C22H13ClN4O3S. The van der Waals surface area contributed by atoms with E-state index in [4.69, 9.17) is 16.3 Å². The third-order valence-corrected chi connectivity index (χ3v) is 5.04. The number of nitro benzene ring substituents is 1. The van der Waals surface area contributed by atoms with Crippen LogP contribution in [0.4, 0.5) is 17.1 Å². The number of ether oxygens (including phenoxy) is 1. The number of nitro groups is 1. The summed E-state index contributed by atoms with van der Waals surface area (Å²) in [5.74, 6) is 1.06. The van der Waals surface area contributed by atoms with Crippen molar-refractivity contribution in [2.45, 2.75) is 4.90 Å². The van der Waals surface area contributed by atoms with Crippen molar-refractivity contribution < 1.29 is 9.66 Å². The Morgan fingerprint density at radius 1 is 1.13 bits per heavy atom. The maximum Gasteiger partial charge on any atom is 0.270 e. The Balaban J connectivity index is 1.69. The van der Waals surface area contributed by atoms with Gasteiger partial charge in [-0.3, -0.25) is 15.1 Å². The number of thiol groups is 1. The topological polar surface area (TPSA) is 101 Å². The first-order chi connectivity index (χ1) is 14.9. The molecule has 0 bridgehead atoms. The molecule has 9 heteroatoms. The minimum absolute atomic E-state index is 0.0959. The van der Waals surface area contributed by atoms with Gasteiger partial charge in [0.2, 0.25) is 0 Å². The van der Waals surface area contributed by atoms with E-state index in [1.807, 2.05) is 0 Å². The molecule has 0 fully saturated rings. The minimum Gasteiger partial charge on any atom is -0.456 e. The van der Waals surface area contributed by atoms with Crippen LogP contribution in [0.2, 0.25) is 5.02 Å². The zero-order valence-corrected chi connectivity index (χ0v) is 17.4. The van der Waals surface area contributed by atoms with Gasteiger partial charge in [-0.2, -0.15) is 5.26 Å². The van der Waals surface area contributed by atoms with Gasteiger partial charge in [0, 0.05) is 34.3 Å². The summed E-state index contributed by atoms with van der Waals surface area (Å²) in [6.45, 7) is 0. The van der Waals surface area contributed by atoms with Crippen molar-refractivity contribution in [3.8, 4) is 17.6 Å². The van der Waals surface area contributed by atoms with Crippen LogP contribution in [0.5, 0.6) is 11.5 Å². The van der Waals surface area contributed by atoms with Crippen molar-refractivity contribution in [3.05, 3.63) is 87.6 Å². The van der Waals surface area contributed by atoms with E-state index in [0.717, 1.165) is 4.90 Å². The van der Waals surface area contributed by atoms with Crippen molar-refractivity contribution in [1.29, 1.82) is 5.26 Å². The SMILES string of the molecule is N#Cc1cnc2ccc([N+](=O)[O-])cc2c1Nc1ccc(Oc2ccc(S)cc2)c(Cl)c1. The second-order valence-corrected chi connectivity index (χ2v) is 7.41. The maximum atomic E-state index is 11.2. The van der Waals surface area contributed by atoms with Crippen LogP contribution in [-0.4, -0.2) is 9.91 Å². The molecule has 0 aliphatic rings. The van der Waals surface area contributed by atoms with Crippen LogP contribution in [0.15, 0.2) is 71.8 Å². The molecule has 0 aliphatic heterocycles. The molecule has 0 spiro atoms. The van der Waals surface area contributed by atoms with Gasteiger partial charge in [-0.15, -0.1) is 12.6 Å². The molecule has 4 aromatic rings. The zero-order chi connectivity index (χ0) is 22.0. The van der Waals surface area contributed by atoms with E-state index < -0.39 is 4.92 Å². The van der Waals surface area contributed by atoms with Gasteiger partial charge in [0.1, 0.15) is 17.6 Å². The molecule has 1 heterocycles. The van der Waals surface area contributed by atoms with Gasteiger partial charge >= 0.3 is 0 Å². The van der Waals surface area contributed by atoms with Gasteiger partial charge in [-0.25, -0.2) is 0 Å². The van der Waals surface area contributed by atoms with Crippen LogP contribution in [0.3, 0.4) is 0 Å². The summed E-state index contributed by atoms with van der Waals surface area (Å²) in [6.07, 6.45) is 1.42. The lowest BCUT2D eigenvalue weighted by atomic mass is 10.1. The maximum absolute atomic E-state index is 11.2. The normalized spacial score (nSPS) is 10.5. The molecule has 0 aliphatic carbocycles. The Kier molecular flexibility index (Phi) is 5.62. The molecule has 31 heavy (non-hydrogen) atoms. The van der Waals surface area contributed by atoms with Crippen LogP contribution in [-0.2, 0) is 0 Å². The van der Waals surface area contributed by atoms with Gasteiger partial charge in [0.25, 0.3) is 5.69 Å². The van der Waals surface area contributed by atoms with Crippen molar-refractivity contribution in [3.63, 3.8) is 0 Å². The number of aromatic nitrogens is 1. The Bertz CT molecular complexity index is 1350. The number of benzene rings is 3. The summed E-state index contributed by atoms with van der Waals surface area (Å²) in [6, 6.07) is 18.6. The van der Waals surface area contributed by atoms with Crippen LogP contribution in [0.25, 0.3) is 10.9 Å². The standard InChI is InChI=1S/C22H13ClN4O3S/c23-19-9-14(1-8-21(19)30-16-3-5-17(31)6-4-16)26-22-13(11-24)12-25-20-7-2-15(27(28)29)10-18(20)22/h1-10,12,31H,(H,25,26). The Morgan fingerprint density at radius 3 is 2.58 bits per heavy atom. The number of pyridine rings is 1. The summed E-state index contributed by atoms with van der Waals surface area (Å²) in [4.78, 5) is 15.7. The molecule has 4 rings (SSSR count). The quantitative estimate of drug-likeness (QED) is 0.205. The van der Waals surface area contributed by atoms with Gasteiger partial charge in [0.15, 0.2) is 0 Å². The first-order valence-electron chi connectivity index (χ1n) is 8.95. The molecule has 0 unspecified atom stereocenters. The van der Waals surface area contributed by atoms with E-state index in [2.05, 4.69) is 29.0 Å². The molecule has 0 saturated heterocycles. The van der Waals surface area contributed by atoms with Crippen molar-refractivity contribution in [1.82, 2.24) is 4.98 Å². The van der Waals surface area contributed by atoms with Crippen molar-refractivity contribution >= 4 is 52.2 Å². The average Bonchev–Trinajstić information content (AvgIpc) is 2.77. The van der Waals surface area contributed by atoms with Crippen molar-refractivity contribution in [2.75, 3.05) is 5.32 Å². The summed E-state index contributed by atoms with van der Waals surface area (Å²) in [5.41, 5.74) is 1.66. The number of halogens is 1. The molecular weight excluding hydrogens is 436 g/mol. The Labute approximate surface area is 187 Å². The van der Waals surface area contributed by atoms with Gasteiger partial charge in [-0.05, 0) is 48.5 Å². The molecule has 3 aromatic carbocycles. The number of nitrogens with zero attached hydrogens (tertiary/aromatic N) is 3. The predicted molar refractivity (Wildman–Crippen MR) is 122 cm³/mol. The van der Waals surface area contributed by atoms with Crippen molar-refractivity contribution in [2.24, 2.45) is 0 Å². The number of hydrogen-bond donors (Lipinski definition) is 2. The molecule has 7 nitrogen and oxygen atoms in total. The average molecular weight is 449 g/mol. The second-order valence-electron chi connectivity index (χ2n) is 6.48. The summed E-state index contributed by atoms with van der Waals surface area (Å²) in [5, 5.41) is 24.6. The molecule has 0 atom stereocenters. The number of nitriles is 1. The van der Waals surface area contributed by atoms with Gasteiger partial charge < -0.3 is 10.1 Å². The Hall–Kier alpha value is -3.80. The highest BCUT2D eigenvalue weighted by Gasteiger charge is 2.14. The number of nitrogens with one attached hydrogen (secondary N) is 1. The lowest BCUT2D eigenvalue weighted by Crippen LogP contribution is -1.98. The highest BCUT2D eigenvalue weighted by molar-refractivity contribution is 7.80. The smallest absolute Gasteiger partial charge is 0.270 e. The highest BCUT2D eigenvalue weighted by atomic mass is 35.5. The van der Waals surface area contributed by atoms with E-state index in [1.54, 1.807) is 48.5 Å². The molecule has 1 aromatic heterocycles. The fourth-order valence-electron chi connectivity index (χ4n) is 2.96. The summed E-state index contributed by atoms with van der Waals surface area (Å²) >= 11 is 10.6. The fraction of sp³-hybridized carbons (Fsp3) is 0. The summed E-state index contributed by atoms with van der Waals surface area (Å²) in [7, 11) is 0. The molecule has 0 saturated carbocycles. The Morgan fingerprint density at radius 2 is 1.90 bits per heavy atom. The third kappa shape index (κ3) is 4.38. The van der Waals surface area contributed by atoms with E-state index in [-0.39, 0.29) is 11.3 Å². The molecule has 152 valence electrons. The number of hydrogen-bond acceptors (Lipinski definition) is 7. The van der Waals surface area contributed by atoms with Crippen LogP contribution < -0.4 is 10.1 Å². The fourth-order valence-corrected chi connectivity index (χ4v) is 3.33. The number of anilines is 2. The third-order valence-electron chi connectivity index (χ3n) is 4.45. The lowest BCUT2D eigenvalue weighted by Gasteiger charge is -2.13. The lowest BCUT2D eigenvalue weighted by molar-refractivity contribution is -0.384. The zero-order valence-electron chi connectivity index (χ0n) is 15.7. The summed E-state index contributed by atoms with van der Waals surface area (Å²) < 4.78 is 5.80. The molecule has 0 amide bonds. The second kappa shape index (κ2) is 8.52. The largest absolute Gasteiger partial charge is 0.456 e. The van der Waals surface area contributed by atoms with E-state index in [9.17, 15) is 15.4 Å². The molecule has 1 N–H and O–H groups in total. The predicted octanol–water partition coefficient (Wildman–Crippen LogP) is 6.49. The number of non-ortho nitro benzene ring substituents is 1. The first kappa shape index (κ1) is 20.5. The highest BCUT2D eigenvalue weighted by Crippen LogP contribution is 2.35. The minimum atomic E-state index is -0.495. The van der Waals surface area contributed by atoms with E-state index in [1.165, 1.54) is 18.3 Å². The monoisotopic (exact) mass is 448 g/mol. The van der Waals surface area contributed by atoms with E-state index >= 15 is 0 Å². The van der Waals surface area contributed by atoms with E-state index in [0.29, 0.717) is 38.8 Å². The number of rotatable bonds is 5. The number of fused-ring (bicyclic) bond motifs is 1. The van der Waals surface area contributed by atoms with Gasteiger partial charge in [-0.1, -0.05) is 11.6 Å². The van der Waals surface area contributed by atoms with Gasteiger partial charge in [0.05, 0.1) is 26.7 Å². The van der Waals surface area contributed by atoms with Crippen LogP contribution in [0, 0.1) is 21.4 Å². The van der Waals surface area contributed by atoms with Crippen LogP contribution >= 0.6 is 24.2 Å². The first-order valence-corrected chi connectivity index (χ1v) is 9.78. The molecule has 0 radical (unpaired) electrons. The van der Waals surface area contributed by atoms with Crippen LogP contribution in [0.1, 0.15) is 5.56 Å².